The van der Waals surface area contributed by atoms with Gasteiger partial charge in [0.15, 0.2) is 5.78 Å². The maximum Gasteiger partial charge on any atom is 0.198 e. The van der Waals surface area contributed by atoms with Crippen LogP contribution < -0.4 is 5.73 Å². The quantitative estimate of drug-likeness (QED) is 0.640. The minimum atomic E-state index is -0.764. The highest BCUT2D eigenvalue weighted by Crippen LogP contribution is 2.19. The Hall–Kier alpha value is -2.23. The highest BCUT2D eigenvalue weighted by molar-refractivity contribution is 6.12. The molecule has 2 aromatic rings. The molecule has 0 radical (unpaired) electrons. The van der Waals surface area contributed by atoms with Crippen molar-refractivity contribution >= 4 is 11.5 Å². The normalized spacial score (nSPS) is 10.2. The molecule has 0 aliphatic heterocycles. The van der Waals surface area contributed by atoms with Gasteiger partial charge in [-0.1, -0.05) is 12.1 Å². The van der Waals surface area contributed by atoms with E-state index in [1.807, 2.05) is 0 Å². The summed E-state index contributed by atoms with van der Waals surface area (Å²) in [5.74, 6) is -2.05. The van der Waals surface area contributed by atoms with Crippen molar-refractivity contribution in [2.75, 3.05) is 5.73 Å². The van der Waals surface area contributed by atoms with Gasteiger partial charge in [-0.3, -0.25) is 4.79 Å². The van der Waals surface area contributed by atoms with Crippen LogP contribution in [-0.4, -0.2) is 5.78 Å². The van der Waals surface area contributed by atoms with Crippen LogP contribution >= 0.6 is 0 Å². The summed E-state index contributed by atoms with van der Waals surface area (Å²) in [6, 6.07) is 9.02. The van der Waals surface area contributed by atoms with Crippen molar-refractivity contribution in [2.24, 2.45) is 0 Å². The molecule has 0 fully saturated rings. The fourth-order valence-corrected chi connectivity index (χ4v) is 1.52. The largest absolute Gasteiger partial charge is 0.398 e. The fourth-order valence-electron chi connectivity index (χ4n) is 1.52. The van der Waals surface area contributed by atoms with Gasteiger partial charge in [0.05, 0.1) is 5.56 Å². The van der Waals surface area contributed by atoms with Gasteiger partial charge < -0.3 is 5.73 Å². The van der Waals surface area contributed by atoms with E-state index >= 15 is 0 Å². The first kappa shape index (κ1) is 11.3. The highest BCUT2D eigenvalue weighted by Gasteiger charge is 2.16. The summed E-state index contributed by atoms with van der Waals surface area (Å²) < 4.78 is 26.4. The molecule has 0 saturated carbocycles. The zero-order chi connectivity index (χ0) is 12.4. The lowest BCUT2D eigenvalue weighted by Crippen LogP contribution is -2.07. The summed E-state index contributed by atoms with van der Waals surface area (Å²) >= 11 is 0. The Balaban J connectivity index is 2.51. The number of rotatable bonds is 2. The number of nitrogens with two attached hydrogens (primary N) is 1. The second-order valence-electron chi connectivity index (χ2n) is 3.54. The smallest absolute Gasteiger partial charge is 0.198 e. The van der Waals surface area contributed by atoms with Crippen molar-refractivity contribution in [1.82, 2.24) is 0 Å². The Kier molecular flexibility index (Phi) is 2.87. The van der Waals surface area contributed by atoms with Crippen LogP contribution in [0.1, 0.15) is 15.9 Å². The van der Waals surface area contributed by atoms with Gasteiger partial charge in [-0.05, 0) is 30.3 Å². The minimum absolute atomic E-state index is 0.164. The SMILES string of the molecule is Nc1ccccc1C(=O)c1cc(F)ccc1F. The van der Waals surface area contributed by atoms with E-state index in [1.165, 1.54) is 12.1 Å². The van der Waals surface area contributed by atoms with Crippen LogP contribution in [0.5, 0.6) is 0 Å². The van der Waals surface area contributed by atoms with Crippen molar-refractivity contribution < 1.29 is 13.6 Å². The summed E-state index contributed by atoms with van der Waals surface area (Å²) in [6.07, 6.45) is 0. The Labute approximate surface area is 96.7 Å². The number of hydrogen-bond donors (Lipinski definition) is 1. The minimum Gasteiger partial charge on any atom is -0.398 e. The van der Waals surface area contributed by atoms with Crippen molar-refractivity contribution in [2.45, 2.75) is 0 Å². The molecule has 4 heteroatoms. The number of nitrogen functional groups attached to an aromatic ring is 1. The first-order valence-electron chi connectivity index (χ1n) is 4.94. The Morgan fingerprint density at radius 1 is 1.00 bits per heavy atom. The molecule has 0 amide bonds. The third-order valence-corrected chi connectivity index (χ3v) is 2.38. The van der Waals surface area contributed by atoms with Crippen molar-refractivity contribution in [3.63, 3.8) is 0 Å². The molecule has 86 valence electrons. The van der Waals surface area contributed by atoms with Gasteiger partial charge in [-0.2, -0.15) is 0 Å². The molecule has 0 saturated heterocycles. The van der Waals surface area contributed by atoms with Gasteiger partial charge in [-0.15, -0.1) is 0 Å². The average Bonchev–Trinajstić information content (AvgIpc) is 2.32. The first-order valence-corrected chi connectivity index (χ1v) is 4.94. The zero-order valence-corrected chi connectivity index (χ0v) is 8.78. The Bertz CT molecular complexity index is 581. The van der Waals surface area contributed by atoms with E-state index in [1.54, 1.807) is 12.1 Å². The fraction of sp³-hybridized carbons (Fsp3) is 0. The molecule has 17 heavy (non-hydrogen) atoms. The van der Waals surface area contributed by atoms with E-state index in [-0.39, 0.29) is 16.8 Å². The number of carbonyl (C=O) groups excluding carboxylic acids is 1. The molecule has 0 aliphatic carbocycles. The maximum atomic E-state index is 13.4. The lowest BCUT2D eigenvalue weighted by Gasteiger charge is -2.05. The molecule has 0 aliphatic rings. The number of anilines is 1. The van der Waals surface area contributed by atoms with Gasteiger partial charge in [0.2, 0.25) is 0 Å². The van der Waals surface area contributed by atoms with E-state index in [0.717, 1.165) is 18.2 Å². The molecular formula is C13H9F2NO. The monoisotopic (exact) mass is 233 g/mol. The van der Waals surface area contributed by atoms with Gasteiger partial charge in [0.1, 0.15) is 11.6 Å². The second-order valence-corrected chi connectivity index (χ2v) is 3.54. The van der Waals surface area contributed by atoms with E-state index in [4.69, 9.17) is 5.73 Å². The van der Waals surface area contributed by atoms with Gasteiger partial charge >= 0.3 is 0 Å². The molecule has 0 heterocycles. The van der Waals surface area contributed by atoms with Crippen molar-refractivity contribution in [3.8, 4) is 0 Å². The average molecular weight is 233 g/mol. The molecule has 2 N–H and O–H groups in total. The molecule has 0 bridgehead atoms. The second kappa shape index (κ2) is 4.33. The van der Waals surface area contributed by atoms with E-state index in [9.17, 15) is 13.6 Å². The topological polar surface area (TPSA) is 43.1 Å². The van der Waals surface area contributed by atoms with Crippen molar-refractivity contribution in [3.05, 3.63) is 65.2 Å². The molecule has 2 aromatic carbocycles. The third kappa shape index (κ3) is 2.15. The Morgan fingerprint density at radius 3 is 2.41 bits per heavy atom. The summed E-state index contributed by atoms with van der Waals surface area (Å²) in [7, 11) is 0. The zero-order valence-electron chi connectivity index (χ0n) is 8.78. The van der Waals surface area contributed by atoms with Gasteiger partial charge in [-0.25, -0.2) is 8.78 Å². The first-order chi connectivity index (χ1) is 8.09. The number of para-hydroxylation sites is 1. The van der Waals surface area contributed by atoms with Gasteiger partial charge in [0, 0.05) is 11.3 Å². The summed E-state index contributed by atoms with van der Waals surface area (Å²) in [5, 5.41) is 0. The molecule has 2 nitrogen and oxygen atoms in total. The molecule has 0 atom stereocenters. The van der Waals surface area contributed by atoms with Crippen LogP contribution in [0.25, 0.3) is 0 Å². The van der Waals surface area contributed by atoms with Gasteiger partial charge in [0.25, 0.3) is 0 Å². The Morgan fingerprint density at radius 2 is 1.71 bits per heavy atom. The molecular weight excluding hydrogens is 224 g/mol. The van der Waals surface area contributed by atoms with E-state index in [0.29, 0.717) is 0 Å². The van der Waals surface area contributed by atoms with Crippen molar-refractivity contribution in [1.29, 1.82) is 0 Å². The third-order valence-electron chi connectivity index (χ3n) is 2.38. The maximum absolute atomic E-state index is 13.4. The summed E-state index contributed by atoms with van der Waals surface area (Å²) in [5.41, 5.74) is 5.69. The van der Waals surface area contributed by atoms with Crippen LogP contribution in [-0.2, 0) is 0 Å². The molecule has 0 unspecified atom stereocenters. The van der Waals surface area contributed by atoms with Crippen LogP contribution in [0.2, 0.25) is 0 Å². The number of halogens is 2. The standard InChI is InChI=1S/C13H9F2NO/c14-8-5-6-11(15)10(7-8)13(17)9-3-1-2-4-12(9)16/h1-7H,16H2. The number of hydrogen-bond acceptors (Lipinski definition) is 2. The van der Waals surface area contributed by atoms with E-state index in [2.05, 4.69) is 0 Å². The highest BCUT2D eigenvalue weighted by atomic mass is 19.1. The lowest BCUT2D eigenvalue weighted by molar-refractivity contribution is 0.103. The number of benzene rings is 2. The number of ketones is 1. The summed E-state index contributed by atoms with van der Waals surface area (Å²) in [6.45, 7) is 0. The molecule has 0 aromatic heterocycles. The predicted molar refractivity (Wildman–Crippen MR) is 60.6 cm³/mol. The van der Waals surface area contributed by atoms with Crippen LogP contribution in [0.15, 0.2) is 42.5 Å². The summed E-state index contributed by atoms with van der Waals surface area (Å²) in [4.78, 5) is 12.0. The van der Waals surface area contributed by atoms with Crippen LogP contribution in [0.4, 0.5) is 14.5 Å². The molecule has 0 spiro atoms. The number of carbonyl (C=O) groups is 1. The van der Waals surface area contributed by atoms with Crippen LogP contribution in [0.3, 0.4) is 0 Å². The predicted octanol–water partition coefficient (Wildman–Crippen LogP) is 2.78. The molecule has 2 rings (SSSR count). The van der Waals surface area contributed by atoms with E-state index < -0.39 is 17.4 Å². The lowest BCUT2D eigenvalue weighted by atomic mass is 10.0. The van der Waals surface area contributed by atoms with Crippen LogP contribution in [0, 0.1) is 11.6 Å².